The number of fused-ring (bicyclic) bond motifs is 1. The van der Waals surface area contributed by atoms with E-state index in [2.05, 4.69) is 5.32 Å². The number of rotatable bonds is 12. The average Bonchev–Trinajstić information content (AvgIpc) is 3.32. The molecule has 2 atom stereocenters. The summed E-state index contributed by atoms with van der Waals surface area (Å²) in [6.45, 7) is 5.97. The third-order valence-corrected chi connectivity index (χ3v) is 7.68. The van der Waals surface area contributed by atoms with E-state index in [0.29, 0.717) is 22.2 Å². The van der Waals surface area contributed by atoms with Crippen LogP contribution in [0.2, 0.25) is 5.02 Å². The van der Waals surface area contributed by atoms with Gasteiger partial charge in [-0.05, 0) is 56.5 Å². The van der Waals surface area contributed by atoms with Gasteiger partial charge in [-0.2, -0.15) is 0 Å². The highest BCUT2D eigenvalue weighted by atomic mass is 35.5. The molecule has 1 N–H and O–H groups in total. The van der Waals surface area contributed by atoms with Crippen LogP contribution in [0.4, 0.5) is 5.69 Å². The summed E-state index contributed by atoms with van der Waals surface area (Å²) in [6, 6.07) is 11.3. The van der Waals surface area contributed by atoms with Crippen molar-refractivity contribution < 1.29 is 27.5 Å². The molecule has 0 fully saturated rings. The van der Waals surface area contributed by atoms with Crippen LogP contribution in [0.5, 0.6) is 11.5 Å². The number of ether oxygens (including phenoxy) is 2. The summed E-state index contributed by atoms with van der Waals surface area (Å²) < 4.78 is 37.0. The predicted octanol–water partition coefficient (Wildman–Crippen LogP) is 3.95. The molecule has 0 bridgehead atoms. The molecule has 0 saturated carbocycles. The van der Waals surface area contributed by atoms with Crippen LogP contribution in [0, 0.1) is 0 Å². The van der Waals surface area contributed by atoms with Crippen molar-refractivity contribution in [3.05, 3.63) is 53.1 Å². The molecule has 11 heteroatoms. The Hall–Kier alpha value is -2.98. The molecular weight excluding hydrogens is 518 g/mol. The lowest BCUT2D eigenvalue weighted by atomic mass is 10.1. The number of carbonyl (C=O) groups excluding carboxylic acids is 2. The van der Waals surface area contributed by atoms with Crippen molar-refractivity contribution in [2.75, 3.05) is 23.9 Å². The topological polar surface area (TPSA) is 105 Å². The molecule has 1 aliphatic heterocycles. The molecule has 0 aromatic heterocycles. The second-order valence-electron chi connectivity index (χ2n) is 9.12. The Labute approximate surface area is 223 Å². The highest BCUT2D eigenvalue weighted by molar-refractivity contribution is 7.92. The minimum Gasteiger partial charge on any atom is -0.454 e. The van der Waals surface area contributed by atoms with E-state index in [9.17, 15) is 18.0 Å². The Morgan fingerprint density at radius 1 is 1.08 bits per heavy atom. The zero-order valence-corrected chi connectivity index (χ0v) is 23.1. The van der Waals surface area contributed by atoms with Gasteiger partial charge in [-0.25, -0.2) is 8.42 Å². The molecule has 1 aliphatic rings. The lowest BCUT2D eigenvalue weighted by Gasteiger charge is -2.30. The first-order valence-electron chi connectivity index (χ1n) is 12.2. The van der Waals surface area contributed by atoms with E-state index in [0.717, 1.165) is 18.2 Å². The fourth-order valence-corrected chi connectivity index (χ4v) is 4.96. The molecule has 2 amide bonds. The second-order valence-corrected chi connectivity index (χ2v) is 11.5. The molecule has 0 radical (unpaired) electrons. The van der Waals surface area contributed by atoms with Gasteiger partial charge in [0, 0.05) is 36.6 Å². The summed E-state index contributed by atoms with van der Waals surface area (Å²) in [7, 11) is -3.62. The Morgan fingerprint density at radius 3 is 2.41 bits per heavy atom. The Bertz CT molecular complexity index is 1210. The van der Waals surface area contributed by atoms with Crippen molar-refractivity contribution in [3.8, 4) is 11.5 Å². The summed E-state index contributed by atoms with van der Waals surface area (Å²) >= 11 is 6.00. The van der Waals surface area contributed by atoms with E-state index < -0.39 is 16.1 Å². The SMILES string of the molecule is CC[C@H](C)NC(=O)[C@H](C)N(Cc1ccc(Cl)cc1)C(=O)CCCN(c1ccc2c(c1)OCO2)S(C)(=O)=O. The molecule has 3 rings (SSSR count). The standard InChI is InChI=1S/C26H34ClN3O6S/c1-5-18(2)28-26(32)19(3)29(16-20-8-10-21(27)11-9-20)25(31)7-6-14-30(37(4,33)34)22-12-13-23-24(15-22)36-17-35-23/h8-13,15,18-19H,5-7,14,16-17H2,1-4H3,(H,28,32)/t18-,19-/m0/s1. The van der Waals surface area contributed by atoms with Crippen molar-refractivity contribution >= 4 is 39.1 Å². The van der Waals surface area contributed by atoms with Crippen molar-refractivity contribution in [1.82, 2.24) is 10.2 Å². The van der Waals surface area contributed by atoms with Crippen LogP contribution in [0.25, 0.3) is 0 Å². The molecule has 0 spiro atoms. The van der Waals surface area contributed by atoms with Crippen LogP contribution in [0.1, 0.15) is 45.6 Å². The maximum Gasteiger partial charge on any atom is 0.242 e. The van der Waals surface area contributed by atoms with Crippen LogP contribution in [0.3, 0.4) is 0 Å². The number of hydrogen-bond acceptors (Lipinski definition) is 6. The van der Waals surface area contributed by atoms with Gasteiger partial charge in [0.15, 0.2) is 11.5 Å². The molecule has 9 nitrogen and oxygen atoms in total. The van der Waals surface area contributed by atoms with E-state index in [1.165, 1.54) is 9.21 Å². The maximum atomic E-state index is 13.4. The fourth-order valence-electron chi connectivity index (χ4n) is 3.88. The summed E-state index contributed by atoms with van der Waals surface area (Å²) in [4.78, 5) is 27.7. The van der Waals surface area contributed by atoms with Gasteiger partial charge in [0.2, 0.25) is 28.6 Å². The van der Waals surface area contributed by atoms with Crippen LogP contribution < -0.4 is 19.1 Å². The van der Waals surface area contributed by atoms with Crippen LogP contribution in [-0.2, 0) is 26.2 Å². The second kappa shape index (κ2) is 12.5. The van der Waals surface area contributed by atoms with Crippen molar-refractivity contribution in [2.24, 2.45) is 0 Å². The van der Waals surface area contributed by atoms with E-state index >= 15 is 0 Å². The van der Waals surface area contributed by atoms with Crippen LogP contribution in [0.15, 0.2) is 42.5 Å². The molecule has 202 valence electrons. The van der Waals surface area contributed by atoms with Crippen molar-refractivity contribution in [3.63, 3.8) is 0 Å². The fraction of sp³-hybridized carbons (Fsp3) is 0.462. The molecule has 0 aliphatic carbocycles. The van der Waals surface area contributed by atoms with Gasteiger partial charge in [0.05, 0.1) is 11.9 Å². The molecule has 2 aromatic carbocycles. The monoisotopic (exact) mass is 551 g/mol. The highest BCUT2D eigenvalue weighted by Crippen LogP contribution is 2.36. The third-order valence-electron chi connectivity index (χ3n) is 6.23. The number of benzene rings is 2. The number of sulfonamides is 1. The number of nitrogens with one attached hydrogen (secondary N) is 1. The Kier molecular flexibility index (Phi) is 9.67. The zero-order valence-electron chi connectivity index (χ0n) is 21.6. The maximum absolute atomic E-state index is 13.4. The lowest BCUT2D eigenvalue weighted by molar-refractivity contribution is -0.140. The average molecular weight is 552 g/mol. The molecular formula is C26H34ClN3O6S. The van der Waals surface area contributed by atoms with Gasteiger partial charge >= 0.3 is 0 Å². The summed E-state index contributed by atoms with van der Waals surface area (Å²) in [6.07, 6.45) is 2.21. The van der Waals surface area contributed by atoms with Crippen molar-refractivity contribution in [1.29, 1.82) is 0 Å². The third kappa shape index (κ3) is 7.75. The molecule has 1 heterocycles. The number of halogens is 1. The van der Waals surface area contributed by atoms with Crippen LogP contribution in [-0.4, -0.2) is 56.8 Å². The van der Waals surface area contributed by atoms with Crippen molar-refractivity contribution in [2.45, 2.75) is 58.7 Å². The summed E-state index contributed by atoms with van der Waals surface area (Å²) in [5.41, 5.74) is 1.26. The number of hydrogen-bond donors (Lipinski definition) is 1. The molecule has 0 saturated heterocycles. The van der Waals surface area contributed by atoms with E-state index in [1.807, 2.05) is 26.0 Å². The Balaban J connectivity index is 1.72. The smallest absolute Gasteiger partial charge is 0.242 e. The normalized spacial score (nSPS) is 14.1. The largest absolute Gasteiger partial charge is 0.454 e. The summed E-state index contributed by atoms with van der Waals surface area (Å²) in [5.74, 6) is 0.531. The van der Waals surface area contributed by atoms with Gasteiger partial charge in [-0.15, -0.1) is 0 Å². The van der Waals surface area contributed by atoms with E-state index in [-0.39, 0.29) is 50.6 Å². The predicted molar refractivity (Wildman–Crippen MR) is 143 cm³/mol. The van der Waals surface area contributed by atoms with Gasteiger partial charge in [-0.1, -0.05) is 30.7 Å². The van der Waals surface area contributed by atoms with Gasteiger partial charge in [0.25, 0.3) is 0 Å². The van der Waals surface area contributed by atoms with Crippen LogP contribution >= 0.6 is 11.6 Å². The first-order chi connectivity index (χ1) is 17.5. The van der Waals surface area contributed by atoms with Gasteiger partial charge in [-0.3, -0.25) is 13.9 Å². The molecule has 2 aromatic rings. The molecule has 0 unspecified atom stereocenters. The first kappa shape index (κ1) is 28.6. The van der Waals surface area contributed by atoms with Gasteiger partial charge in [0.1, 0.15) is 6.04 Å². The zero-order chi connectivity index (χ0) is 27.2. The number of nitrogens with zero attached hydrogens (tertiary/aromatic N) is 2. The quantitative estimate of drug-likeness (QED) is 0.428. The number of amides is 2. The summed E-state index contributed by atoms with van der Waals surface area (Å²) in [5, 5.41) is 3.51. The van der Waals surface area contributed by atoms with E-state index in [4.69, 9.17) is 21.1 Å². The lowest BCUT2D eigenvalue weighted by Crippen LogP contribution is -2.49. The highest BCUT2D eigenvalue weighted by Gasteiger charge is 2.27. The first-order valence-corrected chi connectivity index (χ1v) is 14.4. The van der Waals surface area contributed by atoms with E-state index in [1.54, 1.807) is 37.3 Å². The number of anilines is 1. The minimum absolute atomic E-state index is 0.0209. The number of carbonyl (C=O) groups is 2. The Morgan fingerprint density at radius 2 is 1.76 bits per heavy atom. The van der Waals surface area contributed by atoms with Gasteiger partial charge < -0.3 is 19.7 Å². The molecule has 37 heavy (non-hydrogen) atoms. The minimum atomic E-state index is -3.62.